The van der Waals surface area contributed by atoms with Crippen LogP contribution in [0, 0.1) is 5.41 Å². The Morgan fingerprint density at radius 2 is 1.72 bits per heavy atom. The Bertz CT molecular complexity index is 336. The molecule has 0 bridgehead atoms. The third kappa shape index (κ3) is 2.58. The van der Waals surface area contributed by atoms with Crippen LogP contribution in [0.25, 0.3) is 0 Å². The van der Waals surface area contributed by atoms with Crippen LogP contribution in [0.2, 0.25) is 0 Å². The first-order valence-corrected chi connectivity index (χ1v) is 6.93. The average molecular weight is 253 g/mol. The van der Waals surface area contributed by atoms with E-state index in [9.17, 15) is 14.7 Å². The first kappa shape index (κ1) is 13.5. The van der Waals surface area contributed by atoms with Gasteiger partial charge in [0.25, 0.3) is 0 Å². The van der Waals surface area contributed by atoms with E-state index in [-0.39, 0.29) is 23.8 Å². The Kier molecular flexibility index (Phi) is 3.49. The average Bonchev–Trinajstić information content (AvgIpc) is 2.72. The second-order valence-electron chi connectivity index (χ2n) is 6.28. The number of carbonyl (C=O) groups is 2. The van der Waals surface area contributed by atoms with Gasteiger partial charge in [0, 0.05) is 12.8 Å². The van der Waals surface area contributed by atoms with E-state index in [0.29, 0.717) is 19.3 Å². The molecule has 2 aliphatic rings. The van der Waals surface area contributed by atoms with E-state index in [1.807, 2.05) is 6.92 Å². The number of likely N-dealkylation sites (tertiary alicyclic amines) is 1. The molecule has 18 heavy (non-hydrogen) atoms. The van der Waals surface area contributed by atoms with Crippen LogP contribution < -0.4 is 0 Å². The minimum atomic E-state index is -0.967. The van der Waals surface area contributed by atoms with Gasteiger partial charge in [-0.15, -0.1) is 0 Å². The van der Waals surface area contributed by atoms with Crippen molar-refractivity contribution in [2.24, 2.45) is 5.41 Å². The summed E-state index contributed by atoms with van der Waals surface area (Å²) >= 11 is 0. The molecule has 0 aromatic carbocycles. The lowest BCUT2D eigenvalue weighted by Crippen LogP contribution is -2.52. The fourth-order valence-corrected chi connectivity index (χ4v) is 3.14. The Labute approximate surface area is 108 Å². The highest BCUT2D eigenvalue weighted by atomic mass is 16.3. The molecule has 0 radical (unpaired) electrons. The number of aliphatic hydroxyl groups is 1. The predicted molar refractivity (Wildman–Crippen MR) is 67.8 cm³/mol. The molecule has 1 aliphatic carbocycles. The highest BCUT2D eigenvalue weighted by Gasteiger charge is 2.46. The first-order valence-electron chi connectivity index (χ1n) is 6.93. The van der Waals surface area contributed by atoms with Crippen molar-refractivity contribution >= 4 is 11.8 Å². The zero-order chi connectivity index (χ0) is 13.4. The molecule has 1 saturated carbocycles. The van der Waals surface area contributed by atoms with E-state index >= 15 is 0 Å². The molecule has 2 fully saturated rings. The van der Waals surface area contributed by atoms with E-state index in [2.05, 4.69) is 0 Å². The summed E-state index contributed by atoms with van der Waals surface area (Å²) in [6.07, 6.45) is 5.78. The summed E-state index contributed by atoms with van der Waals surface area (Å²) in [4.78, 5) is 25.6. The lowest BCUT2D eigenvalue weighted by molar-refractivity contribution is -0.157. The number of piperidine rings is 1. The molecule has 1 heterocycles. The first-order chi connectivity index (χ1) is 8.37. The number of amides is 2. The SMILES string of the molecule is CCC(C)(O)CN1C(=O)CC2(CCCC2)CC1=O. The van der Waals surface area contributed by atoms with Crippen molar-refractivity contribution in [1.29, 1.82) is 0 Å². The Balaban J connectivity index is 2.07. The van der Waals surface area contributed by atoms with E-state index in [1.165, 1.54) is 4.90 Å². The van der Waals surface area contributed by atoms with Crippen molar-refractivity contribution < 1.29 is 14.7 Å². The molecule has 1 atom stereocenters. The normalized spacial score (nSPS) is 26.7. The topological polar surface area (TPSA) is 57.6 Å². The summed E-state index contributed by atoms with van der Waals surface area (Å²) < 4.78 is 0. The lowest BCUT2D eigenvalue weighted by atomic mass is 9.76. The molecule has 2 amide bonds. The molecule has 0 aromatic heterocycles. The molecular weight excluding hydrogens is 230 g/mol. The lowest BCUT2D eigenvalue weighted by Gasteiger charge is -2.39. The minimum Gasteiger partial charge on any atom is -0.388 e. The minimum absolute atomic E-state index is 0.0528. The Morgan fingerprint density at radius 3 is 2.17 bits per heavy atom. The molecular formula is C14H23NO3. The quantitative estimate of drug-likeness (QED) is 0.781. The Morgan fingerprint density at radius 1 is 1.22 bits per heavy atom. The number of hydrogen-bond donors (Lipinski definition) is 1. The zero-order valence-corrected chi connectivity index (χ0v) is 11.4. The fraction of sp³-hybridized carbons (Fsp3) is 0.857. The molecule has 2 rings (SSSR count). The molecule has 1 N–H and O–H groups in total. The van der Waals surface area contributed by atoms with E-state index in [0.717, 1.165) is 25.7 Å². The van der Waals surface area contributed by atoms with Crippen molar-refractivity contribution in [1.82, 2.24) is 4.90 Å². The Hall–Kier alpha value is -0.900. The van der Waals surface area contributed by atoms with Gasteiger partial charge < -0.3 is 5.11 Å². The van der Waals surface area contributed by atoms with Gasteiger partial charge in [-0.3, -0.25) is 14.5 Å². The number of imide groups is 1. The summed E-state index contributed by atoms with van der Waals surface area (Å²) in [6, 6.07) is 0. The highest BCUT2D eigenvalue weighted by Crippen LogP contribution is 2.47. The number of carbonyl (C=O) groups excluding carboxylic acids is 2. The molecule has 1 unspecified atom stereocenters. The molecule has 4 nitrogen and oxygen atoms in total. The summed E-state index contributed by atoms with van der Waals surface area (Å²) in [6.45, 7) is 3.67. The van der Waals surface area contributed by atoms with Crippen LogP contribution in [-0.2, 0) is 9.59 Å². The maximum Gasteiger partial charge on any atom is 0.229 e. The van der Waals surface area contributed by atoms with Crippen LogP contribution in [0.1, 0.15) is 58.8 Å². The fourth-order valence-electron chi connectivity index (χ4n) is 3.14. The zero-order valence-electron chi connectivity index (χ0n) is 11.4. The second kappa shape index (κ2) is 4.65. The summed E-state index contributed by atoms with van der Waals surface area (Å²) in [7, 11) is 0. The van der Waals surface area contributed by atoms with E-state index < -0.39 is 5.60 Å². The van der Waals surface area contributed by atoms with Crippen LogP contribution in [-0.4, -0.2) is 34.0 Å². The van der Waals surface area contributed by atoms with Gasteiger partial charge in [0.2, 0.25) is 11.8 Å². The van der Waals surface area contributed by atoms with Gasteiger partial charge in [-0.2, -0.15) is 0 Å². The van der Waals surface area contributed by atoms with Crippen LogP contribution in [0.4, 0.5) is 0 Å². The van der Waals surface area contributed by atoms with Crippen molar-refractivity contribution in [2.45, 2.75) is 64.4 Å². The van der Waals surface area contributed by atoms with Crippen molar-refractivity contribution in [3.8, 4) is 0 Å². The summed E-state index contributed by atoms with van der Waals surface area (Å²) in [5.74, 6) is -0.191. The van der Waals surface area contributed by atoms with Crippen LogP contribution in [0.3, 0.4) is 0 Å². The standard InChI is InChI=1S/C14H23NO3/c1-3-13(2,18)10-15-11(16)8-14(9-12(15)17)6-4-5-7-14/h18H,3-10H2,1-2H3. The number of β-amino-alcohol motifs (C(OH)–C–C–N with tert-alkyl or cyclic N) is 1. The van der Waals surface area contributed by atoms with Crippen molar-refractivity contribution in [2.75, 3.05) is 6.54 Å². The van der Waals surface area contributed by atoms with Gasteiger partial charge in [-0.25, -0.2) is 0 Å². The van der Waals surface area contributed by atoms with Gasteiger partial charge in [0.05, 0.1) is 12.1 Å². The molecule has 1 aliphatic heterocycles. The number of nitrogens with zero attached hydrogens (tertiary/aromatic N) is 1. The molecule has 0 aromatic rings. The van der Waals surface area contributed by atoms with Crippen molar-refractivity contribution in [3.63, 3.8) is 0 Å². The monoisotopic (exact) mass is 253 g/mol. The number of hydrogen-bond acceptors (Lipinski definition) is 3. The van der Waals surface area contributed by atoms with Gasteiger partial charge in [0.1, 0.15) is 0 Å². The molecule has 1 spiro atoms. The predicted octanol–water partition coefficient (Wildman–Crippen LogP) is 1.86. The third-order valence-corrected chi connectivity index (χ3v) is 4.58. The molecule has 102 valence electrons. The van der Waals surface area contributed by atoms with Crippen LogP contribution >= 0.6 is 0 Å². The van der Waals surface area contributed by atoms with E-state index in [4.69, 9.17) is 0 Å². The highest BCUT2D eigenvalue weighted by molar-refractivity contribution is 5.98. The van der Waals surface area contributed by atoms with Gasteiger partial charge in [-0.1, -0.05) is 19.8 Å². The van der Waals surface area contributed by atoms with Crippen molar-refractivity contribution in [3.05, 3.63) is 0 Å². The van der Waals surface area contributed by atoms with Crippen LogP contribution in [0.15, 0.2) is 0 Å². The largest absolute Gasteiger partial charge is 0.388 e. The van der Waals surface area contributed by atoms with Crippen LogP contribution in [0.5, 0.6) is 0 Å². The third-order valence-electron chi connectivity index (χ3n) is 4.58. The van der Waals surface area contributed by atoms with Gasteiger partial charge >= 0.3 is 0 Å². The molecule has 1 saturated heterocycles. The van der Waals surface area contributed by atoms with Gasteiger partial charge in [-0.05, 0) is 31.6 Å². The van der Waals surface area contributed by atoms with E-state index in [1.54, 1.807) is 6.92 Å². The molecule has 4 heteroatoms. The smallest absolute Gasteiger partial charge is 0.229 e. The maximum absolute atomic E-state index is 12.2. The maximum atomic E-state index is 12.2. The van der Waals surface area contributed by atoms with Gasteiger partial charge in [0.15, 0.2) is 0 Å². The summed E-state index contributed by atoms with van der Waals surface area (Å²) in [5.41, 5.74) is -1.02. The number of rotatable bonds is 3. The second-order valence-corrected chi connectivity index (χ2v) is 6.28. The summed E-state index contributed by atoms with van der Waals surface area (Å²) in [5, 5.41) is 10.0.